The van der Waals surface area contributed by atoms with Crippen molar-refractivity contribution in [3.8, 4) is 0 Å². The van der Waals surface area contributed by atoms with Gasteiger partial charge in [0.2, 0.25) is 5.91 Å². The number of hydrogen-bond donors (Lipinski definition) is 2. The number of carbonyl (C=O) groups excluding carboxylic acids is 2. The van der Waals surface area contributed by atoms with Crippen LogP contribution in [0.2, 0.25) is 0 Å². The second kappa shape index (κ2) is 8.99. The molecule has 0 spiro atoms. The Hall–Kier alpha value is -2.66. The van der Waals surface area contributed by atoms with Crippen molar-refractivity contribution in [1.82, 2.24) is 10.2 Å². The first kappa shape index (κ1) is 18.7. The monoisotopic (exact) mass is 340 g/mol. The Balaban J connectivity index is 2.03. The van der Waals surface area contributed by atoms with E-state index in [0.29, 0.717) is 0 Å². The van der Waals surface area contributed by atoms with Crippen molar-refractivity contribution in [2.24, 2.45) is 0 Å². The van der Waals surface area contributed by atoms with E-state index in [2.05, 4.69) is 48.6 Å². The molecule has 5 heteroatoms. The Labute approximate surface area is 149 Å². The Kier molecular flexibility index (Phi) is 6.71. The molecule has 0 aliphatic heterocycles. The number of likely N-dealkylation sites (N-methyl/N-ethyl adjacent to an activating group) is 1. The summed E-state index contributed by atoms with van der Waals surface area (Å²) in [6, 6.07) is 18.5. The van der Waals surface area contributed by atoms with Crippen LogP contribution in [0.3, 0.4) is 0 Å². The van der Waals surface area contributed by atoms with E-state index in [9.17, 15) is 9.59 Å². The number of benzene rings is 2. The maximum Gasteiger partial charge on any atom is 0.275 e. The molecule has 0 aliphatic rings. The molecule has 1 atom stereocenters. The number of carbonyl (C=O) groups is 2. The Morgan fingerprint density at radius 3 is 2.20 bits per heavy atom. The molecule has 0 radical (unpaired) electrons. The minimum Gasteiger partial charge on any atom is -0.347 e. The zero-order chi connectivity index (χ0) is 18.2. The van der Waals surface area contributed by atoms with Crippen molar-refractivity contribution in [2.45, 2.75) is 13.0 Å². The number of nitrogens with zero attached hydrogens (tertiary/aromatic N) is 1. The van der Waals surface area contributed by atoms with Gasteiger partial charge < -0.3 is 15.5 Å². The molecule has 5 nitrogen and oxygen atoms in total. The first-order valence-corrected chi connectivity index (χ1v) is 8.39. The van der Waals surface area contributed by atoms with E-state index in [4.69, 9.17) is 0 Å². The highest BCUT2D eigenvalue weighted by atomic mass is 16.2. The molecule has 132 valence electrons. The van der Waals surface area contributed by atoms with Gasteiger partial charge in [-0.05, 0) is 6.92 Å². The summed E-state index contributed by atoms with van der Waals surface area (Å²) in [6.45, 7) is 2.34. The lowest BCUT2D eigenvalue weighted by molar-refractivity contribution is -0.676. The fourth-order valence-corrected chi connectivity index (χ4v) is 2.53. The van der Waals surface area contributed by atoms with E-state index in [1.54, 1.807) is 14.1 Å². The van der Waals surface area contributed by atoms with E-state index >= 15 is 0 Å². The van der Waals surface area contributed by atoms with Crippen LogP contribution < -0.4 is 10.6 Å². The van der Waals surface area contributed by atoms with E-state index < -0.39 is 0 Å². The standard InChI is InChI=1S/C20H25N3O2/c1-15-9-11-17(12-10-15)20(16-7-5-4-6-8-16)22-13-18(24)21-14-19(25)23(2)3/h4-12,20,22H,13-14H2,1-3H3,(H,21,24)/p+1/t20-/m1/s1. The second-order valence-electron chi connectivity index (χ2n) is 6.30. The van der Waals surface area contributed by atoms with Gasteiger partial charge in [0.25, 0.3) is 5.91 Å². The Morgan fingerprint density at radius 2 is 1.60 bits per heavy atom. The smallest absolute Gasteiger partial charge is 0.275 e. The number of nitrogens with one attached hydrogen (secondary N) is 1. The van der Waals surface area contributed by atoms with Crippen molar-refractivity contribution in [3.05, 3.63) is 71.3 Å². The molecule has 25 heavy (non-hydrogen) atoms. The van der Waals surface area contributed by atoms with Gasteiger partial charge in [0.05, 0.1) is 6.54 Å². The van der Waals surface area contributed by atoms with Gasteiger partial charge in [0.1, 0.15) is 6.04 Å². The van der Waals surface area contributed by atoms with E-state index in [1.807, 2.05) is 23.5 Å². The lowest BCUT2D eigenvalue weighted by Gasteiger charge is -2.17. The molecule has 0 unspecified atom stereocenters. The number of aryl methyl sites for hydroxylation is 1. The van der Waals surface area contributed by atoms with Crippen molar-refractivity contribution in [1.29, 1.82) is 0 Å². The van der Waals surface area contributed by atoms with Crippen molar-refractivity contribution in [2.75, 3.05) is 27.2 Å². The van der Waals surface area contributed by atoms with Crippen LogP contribution >= 0.6 is 0 Å². The fraction of sp³-hybridized carbons (Fsp3) is 0.300. The van der Waals surface area contributed by atoms with Gasteiger partial charge in [-0.3, -0.25) is 9.59 Å². The number of quaternary nitrogens is 1. The molecule has 0 saturated heterocycles. The number of amides is 2. The predicted octanol–water partition coefficient (Wildman–Crippen LogP) is 0.852. The lowest BCUT2D eigenvalue weighted by Crippen LogP contribution is -2.87. The Morgan fingerprint density at radius 1 is 1.00 bits per heavy atom. The summed E-state index contributed by atoms with van der Waals surface area (Å²) >= 11 is 0. The van der Waals surface area contributed by atoms with Crippen LogP contribution in [0, 0.1) is 6.92 Å². The molecule has 0 aromatic heterocycles. The highest BCUT2D eigenvalue weighted by Gasteiger charge is 2.19. The molecule has 2 amide bonds. The van der Waals surface area contributed by atoms with Gasteiger partial charge in [-0.15, -0.1) is 0 Å². The highest BCUT2D eigenvalue weighted by molar-refractivity contribution is 5.84. The third-order valence-electron chi connectivity index (χ3n) is 4.07. The summed E-state index contributed by atoms with van der Waals surface area (Å²) in [4.78, 5) is 25.1. The second-order valence-corrected chi connectivity index (χ2v) is 6.30. The highest BCUT2D eigenvalue weighted by Crippen LogP contribution is 2.18. The molecule has 2 aromatic carbocycles. The first-order chi connectivity index (χ1) is 12.0. The Bertz CT molecular complexity index is 697. The summed E-state index contributed by atoms with van der Waals surface area (Å²) < 4.78 is 0. The summed E-state index contributed by atoms with van der Waals surface area (Å²) in [6.07, 6.45) is 0. The van der Waals surface area contributed by atoms with Gasteiger partial charge in [0, 0.05) is 25.2 Å². The molecule has 0 fully saturated rings. The lowest BCUT2D eigenvalue weighted by atomic mass is 9.98. The normalized spacial score (nSPS) is 11.6. The summed E-state index contributed by atoms with van der Waals surface area (Å²) in [5.74, 6) is -0.269. The SMILES string of the molecule is Cc1ccc([C@H]([NH2+]CC(=O)NCC(=O)N(C)C)c2ccccc2)cc1. The summed E-state index contributed by atoms with van der Waals surface area (Å²) in [7, 11) is 3.34. The summed E-state index contributed by atoms with van der Waals surface area (Å²) in [5, 5.41) is 4.67. The first-order valence-electron chi connectivity index (χ1n) is 8.39. The molecular weight excluding hydrogens is 314 g/mol. The molecule has 0 saturated carbocycles. The zero-order valence-electron chi connectivity index (χ0n) is 15.0. The van der Waals surface area contributed by atoms with Crippen LogP contribution in [0.25, 0.3) is 0 Å². The molecule has 2 aromatic rings. The van der Waals surface area contributed by atoms with E-state index in [-0.39, 0.29) is 30.9 Å². The molecule has 3 N–H and O–H groups in total. The van der Waals surface area contributed by atoms with E-state index in [1.165, 1.54) is 10.5 Å². The third-order valence-corrected chi connectivity index (χ3v) is 4.07. The van der Waals surface area contributed by atoms with Crippen LogP contribution in [0.15, 0.2) is 54.6 Å². The van der Waals surface area contributed by atoms with Gasteiger partial charge in [-0.1, -0.05) is 60.2 Å². The van der Waals surface area contributed by atoms with Gasteiger partial charge in [-0.2, -0.15) is 0 Å². The van der Waals surface area contributed by atoms with Crippen LogP contribution in [-0.4, -0.2) is 43.9 Å². The van der Waals surface area contributed by atoms with Crippen molar-refractivity contribution < 1.29 is 14.9 Å². The maximum absolute atomic E-state index is 12.1. The molecule has 2 rings (SSSR count). The fourth-order valence-electron chi connectivity index (χ4n) is 2.53. The molecule has 0 heterocycles. The molecule has 0 bridgehead atoms. The van der Waals surface area contributed by atoms with Gasteiger partial charge in [0.15, 0.2) is 6.54 Å². The van der Waals surface area contributed by atoms with Crippen molar-refractivity contribution >= 4 is 11.8 Å². The minimum atomic E-state index is -0.150. The van der Waals surface area contributed by atoms with E-state index in [0.717, 1.165) is 11.1 Å². The van der Waals surface area contributed by atoms with Gasteiger partial charge in [-0.25, -0.2) is 0 Å². The topological polar surface area (TPSA) is 66.0 Å². The molecular formula is C20H26N3O2+. The van der Waals surface area contributed by atoms with Crippen LogP contribution in [0.5, 0.6) is 0 Å². The van der Waals surface area contributed by atoms with Gasteiger partial charge >= 0.3 is 0 Å². The largest absolute Gasteiger partial charge is 0.347 e. The average molecular weight is 340 g/mol. The number of rotatable bonds is 7. The quantitative estimate of drug-likeness (QED) is 0.785. The minimum absolute atomic E-state index is 0.0280. The third kappa shape index (κ3) is 5.72. The predicted molar refractivity (Wildman–Crippen MR) is 98.0 cm³/mol. The zero-order valence-corrected chi connectivity index (χ0v) is 15.0. The average Bonchev–Trinajstić information content (AvgIpc) is 2.62. The molecule has 0 aliphatic carbocycles. The van der Waals surface area contributed by atoms with Crippen LogP contribution in [0.1, 0.15) is 22.7 Å². The van der Waals surface area contributed by atoms with Crippen LogP contribution in [0.4, 0.5) is 0 Å². The van der Waals surface area contributed by atoms with Crippen molar-refractivity contribution in [3.63, 3.8) is 0 Å². The maximum atomic E-state index is 12.1. The number of hydrogen-bond acceptors (Lipinski definition) is 2. The van der Waals surface area contributed by atoms with Crippen LogP contribution in [-0.2, 0) is 9.59 Å². The number of nitrogens with two attached hydrogens (primary N) is 1. The summed E-state index contributed by atoms with van der Waals surface area (Å²) in [5.41, 5.74) is 3.49.